The highest BCUT2D eigenvalue weighted by molar-refractivity contribution is 9.10. The zero-order valence-electron chi connectivity index (χ0n) is 14.8. The van der Waals surface area contributed by atoms with E-state index in [4.69, 9.17) is 4.98 Å². The van der Waals surface area contributed by atoms with Crippen molar-refractivity contribution in [3.05, 3.63) is 99.3 Å². The molecule has 0 bridgehead atoms. The zero-order chi connectivity index (χ0) is 19.1. The van der Waals surface area contributed by atoms with E-state index in [1.165, 1.54) is 0 Å². The molecule has 2 aromatic heterocycles. The second-order valence-corrected chi connectivity index (χ2v) is 8.55. The average Bonchev–Trinajstić information content (AvgIpc) is 3.09. The highest BCUT2D eigenvalue weighted by atomic mass is 79.9. The quantitative estimate of drug-likeness (QED) is 0.336. The van der Waals surface area contributed by atoms with Gasteiger partial charge < -0.3 is 0 Å². The number of thiophene rings is 1. The summed E-state index contributed by atoms with van der Waals surface area (Å²) in [6, 6.07) is 26.0. The van der Waals surface area contributed by atoms with Gasteiger partial charge in [-0.3, -0.25) is 9.36 Å². The molecular weight excluding hydrogens is 432 g/mol. The Bertz CT molecular complexity index is 1360. The summed E-state index contributed by atoms with van der Waals surface area (Å²) in [6.07, 6.45) is 0. The van der Waals surface area contributed by atoms with Crippen LogP contribution >= 0.6 is 27.3 Å². The van der Waals surface area contributed by atoms with Gasteiger partial charge in [0.15, 0.2) is 0 Å². The highest BCUT2D eigenvalue weighted by Crippen LogP contribution is 2.34. The van der Waals surface area contributed by atoms with Gasteiger partial charge in [-0.2, -0.15) is 0 Å². The van der Waals surface area contributed by atoms with Crippen LogP contribution in [0.15, 0.2) is 88.1 Å². The lowest BCUT2D eigenvalue weighted by molar-refractivity contribution is 0.761. The van der Waals surface area contributed by atoms with Crippen LogP contribution in [0.3, 0.4) is 0 Å². The molecule has 0 fully saturated rings. The van der Waals surface area contributed by atoms with E-state index in [0.717, 1.165) is 30.5 Å². The summed E-state index contributed by atoms with van der Waals surface area (Å²) < 4.78 is 3.85. The summed E-state index contributed by atoms with van der Waals surface area (Å²) in [6.45, 7) is 0.487. The predicted molar refractivity (Wildman–Crippen MR) is 120 cm³/mol. The maximum Gasteiger partial charge on any atom is 0.263 e. The summed E-state index contributed by atoms with van der Waals surface area (Å²) >= 11 is 5.08. The summed E-state index contributed by atoms with van der Waals surface area (Å²) in [5.74, 6) is 0.701. The molecule has 5 aromatic rings. The predicted octanol–water partition coefficient (Wildman–Crippen LogP) is 6.09. The number of hydrogen-bond acceptors (Lipinski definition) is 3. The van der Waals surface area contributed by atoms with E-state index < -0.39 is 0 Å². The van der Waals surface area contributed by atoms with E-state index >= 15 is 0 Å². The first kappa shape index (κ1) is 17.3. The number of nitrogens with zero attached hydrogens (tertiary/aromatic N) is 2. The highest BCUT2D eigenvalue weighted by Gasteiger charge is 2.17. The summed E-state index contributed by atoms with van der Waals surface area (Å²) in [4.78, 5) is 19.3. The number of benzene rings is 3. The lowest BCUT2D eigenvalue weighted by Crippen LogP contribution is -2.23. The maximum absolute atomic E-state index is 13.6. The van der Waals surface area contributed by atoms with E-state index in [0.29, 0.717) is 17.8 Å². The molecule has 5 heteroatoms. The fourth-order valence-corrected chi connectivity index (χ4v) is 5.07. The van der Waals surface area contributed by atoms with Crippen molar-refractivity contribution in [1.29, 1.82) is 0 Å². The van der Waals surface area contributed by atoms with Crippen molar-refractivity contribution in [3.8, 4) is 11.4 Å². The van der Waals surface area contributed by atoms with Crippen LogP contribution in [0.5, 0.6) is 0 Å². The molecule has 2 heterocycles. The Balaban J connectivity index is 1.84. The second-order valence-electron chi connectivity index (χ2n) is 6.60. The van der Waals surface area contributed by atoms with E-state index in [2.05, 4.69) is 15.9 Å². The number of halogens is 1. The van der Waals surface area contributed by atoms with Crippen molar-refractivity contribution < 1.29 is 0 Å². The van der Waals surface area contributed by atoms with Gasteiger partial charge in [0.1, 0.15) is 10.7 Å². The average molecular weight is 447 g/mol. The number of aromatic nitrogens is 2. The van der Waals surface area contributed by atoms with Gasteiger partial charge in [0.2, 0.25) is 0 Å². The SMILES string of the molecule is O=c1c2c(nc(-c3ccccc3)n1Cc1ccccc1)sc1cc(Br)ccc12. The Kier molecular flexibility index (Phi) is 4.34. The second kappa shape index (κ2) is 7.00. The fraction of sp³-hybridized carbons (Fsp3) is 0.0435. The molecule has 0 saturated carbocycles. The third kappa shape index (κ3) is 2.97. The molecule has 0 saturated heterocycles. The molecule has 3 aromatic carbocycles. The first-order valence-electron chi connectivity index (χ1n) is 8.92. The summed E-state index contributed by atoms with van der Waals surface area (Å²) in [5.41, 5.74) is 2.02. The van der Waals surface area contributed by atoms with Gasteiger partial charge in [0.05, 0.1) is 11.9 Å². The molecule has 28 heavy (non-hydrogen) atoms. The molecule has 0 spiro atoms. The molecule has 0 aliphatic heterocycles. The Hall–Kier alpha value is -2.76. The molecule has 0 atom stereocenters. The van der Waals surface area contributed by atoms with E-state index in [1.807, 2.05) is 78.9 Å². The zero-order valence-corrected chi connectivity index (χ0v) is 17.2. The standard InChI is InChI=1S/C23H15BrN2OS/c24-17-11-12-18-19(13-17)28-22-20(18)23(27)26(14-15-7-3-1-4-8-15)21(25-22)16-9-5-2-6-10-16/h1-13H,14H2. The first-order chi connectivity index (χ1) is 13.7. The molecule has 0 aliphatic rings. The third-order valence-electron chi connectivity index (χ3n) is 4.77. The van der Waals surface area contributed by atoms with Crippen molar-refractivity contribution in [1.82, 2.24) is 9.55 Å². The van der Waals surface area contributed by atoms with Gasteiger partial charge in [-0.1, -0.05) is 82.7 Å². The van der Waals surface area contributed by atoms with Crippen molar-refractivity contribution >= 4 is 47.6 Å². The number of rotatable bonds is 3. The smallest absolute Gasteiger partial charge is 0.263 e. The van der Waals surface area contributed by atoms with Gasteiger partial charge in [0, 0.05) is 20.1 Å². The van der Waals surface area contributed by atoms with Crippen molar-refractivity contribution in [2.45, 2.75) is 6.54 Å². The van der Waals surface area contributed by atoms with Crippen LogP contribution in [0.2, 0.25) is 0 Å². The van der Waals surface area contributed by atoms with Gasteiger partial charge in [-0.15, -0.1) is 11.3 Å². The molecule has 136 valence electrons. The van der Waals surface area contributed by atoms with Crippen LogP contribution in [-0.4, -0.2) is 9.55 Å². The van der Waals surface area contributed by atoms with Crippen LogP contribution < -0.4 is 5.56 Å². The molecular formula is C23H15BrN2OS. The van der Waals surface area contributed by atoms with Crippen LogP contribution in [-0.2, 0) is 6.54 Å². The van der Waals surface area contributed by atoms with Crippen LogP contribution in [0.25, 0.3) is 31.7 Å². The first-order valence-corrected chi connectivity index (χ1v) is 10.5. The third-order valence-corrected chi connectivity index (χ3v) is 6.31. The molecule has 0 unspecified atom stereocenters. The van der Waals surface area contributed by atoms with Crippen molar-refractivity contribution in [2.75, 3.05) is 0 Å². The molecule has 0 radical (unpaired) electrons. The minimum atomic E-state index is 0.00118. The van der Waals surface area contributed by atoms with Crippen molar-refractivity contribution in [3.63, 3.8) is 0 Å². The molecule has 0 N–H and O–H groups in total. The van der Waals surface area contributed by atoms with Gasteiger partial charge in [0.25, 0.3) is 5.56 Å². The van der Waals surface area contributed by atoms with Crippen LogP contribution in [0.1, 0.15) is 5.56 Å². The lowest BCUT2D eigenvalue weighted by atomic mass is 10.1. The van der Waals surface area contributed by atoms with E-state index in [1.54, 1.807) is 15.9 Å². The summed E-state index contributed by atoms with van der Waals surface area (Å²) in [7, 11) is 0. The Morgan fingerprint density at radius 3 is 2.39 bits per heavy atom. The van der Waals surface area contributed by atoms with Gasteiger partial charge in [-0.05, 0) is 17.7 Å². The molecule has 0 amide bonds. The minimum absolute atomic E-state index is 0.00118. The normalized spacial score (nSPS) is 11.3. The Morgan fingerprint density at radius 2 is 1.64 bits per heavy atom. The Morgan fingerprint density at radius 1 is 0.929 bits per heavy atom. The lowest BCUT2D eigenvalue weighted by Gasteiger charge is -2.13. The van der Waals surface area contributed by atoms with E-state index in [9.17, 15) is 4.79 Å². The summed E-state index contributed by atoms with van der Waals surface area (Å²) in [5, 5.41) is 1.66. The monoisotopic (exact) mass is 446 g/mol. The van der Waals surface area contributed by atoms with Gasteiger partial charge in [-0.25, -0.2) is 4.98 Å². The van der Waals surface area contributed by atoms with E-state index in [-0.39, 0.29) is 5.56 Å². The van der Waals surface area contributed by atoms with Crippen LogP contribution in [0.4, 0.5) is 0 Å². The molecule has 3 nitrogen and oxygen atoms in total. The largest absolute Gasteiger partial charge is 0.288 e. The minimum Gasteiger partial charge on any atom is -0.288 e. The topological polar surface area (TPSA) is 34.9 Å². The van der Waals surface area contributed by atoms with Crippen LogP contribution in [0, 0.1) is 0 Å². The fourth-order valence-electron chi connectivity index (χ4n) is 3.45. The maximum atomic E-state index is 13.6. The molecule has 0 aliphatic carbocycles. The van der Waals surface area contributed by atoms with Gasteiger partial charge >= 0.3 is 0 Å². The molecule has 5 rings (SSSR count). The Labute approximate surface area is 174 Å². The van der Waals surface area contributed by atoms with Crippen molar-refractivity contribution in [2.24, 2.45) is 0 Å². The number of hydrogen-bond donors (Lipinski definition) is 0. The number of fused-ring (bicyclic) bond motifs is 3.